The minimum atomic E-state index is -0.527. The number of hydrogen-bond acceptors (Lipinski definition) is 4. The van der Waals surface area contributed by atoms with E-state index >= 15 is 0 Å². The maximum atomic E-state index is 12.7. The minimum absolute atomic E-state index is 0.0446. The first-order chi connectivity index (χ1) is 10.1. The van der Waals surface area contributed by atoms with Crippen LogP contribution >= 0.6 is 0 Å². The lowest BCUT2D eigenvalue weighted by atomic mass is 10.0. The smallest absolute Gasteiger partial charge is 0.410 e. The summed E-state index contributed by atoms with van der Waals surface area (Å²) in [5, 5.41) is 7.17. The van der Waals surface area contributed by atoms with Gasteiger partial charge in [0.1, 0.15) is 0 Å². The number of carbonyl (C=O) groups is 2. The first-order valence-electron chi connectivity index (χ1n) is 7.37. The summed E-state index contributed by atoms with van der Waals surface area (Å²) in [6, 6.07) is 0. The summed E-state index contributed by atoms with van der Waals surface area (Å²) in [4.78, 5) is 27.6. The average molecular weight is 290 g/mol. The molecular formula is C14H18N4O3. The van der Waals surface area contributed by atoms with Gasteiger partial charge < -0.3 is 14.5 Å². The minimum Gasteiger partial charge on any atom is -0.439 e. The molecule has 0 saturated carbocycles. The van der Waals surface area contributed by atoms with Gasteiger partial charge in [0.05, 0.1) is 13.1 Å². The van der Waals surface area contributed by atoms with E-state index in [9.17, 15) is 9.59 Å². The number of ether oxygens (including phenoxy) is 1. The van der Waals surface area contributed by atoms with Crippen molar-refractivity contribution in [1.82, 2.24) is 20.0 Å². The number of fused-ring (bicyclic) bond motifs is 1. The molecule has 7 heteroatoms. The van der Waals surface area contributed by atoms with Crippen LogP contribution in [-0.4, -0.2) is 64.3 Å². The summed E-state index contributed by atoms with van der Waals surface area (Å²) in [6.07, 6.45) is 3.37. The lowest BCUT2D eigenvalue weighted by Crippen LogP contribution is -2.39. The highest BCUT2D eigenvalue weighted by molar-refractivity contribution is 5.94. The SMILES string of the molecule is CN1CC2(CCN(C(=O)c3n[nH]c4c3CCC4)C2)OC1=O. The number of aromatic amines is 1. The Kier molecular flexibility index (Phi) is 2.55. The maximum absolute atomic E-state index is 12.7. The Labute approximate surface area is 122 Å². The fourth-order valence-corrected chi connectivity index (χ4v) is 3.67. The number of H-pyrrole nitrogens is 1. The van der Waals surface area contributed by atoms with E-state index in [2.05, 4.69) is 10.2 Å². The molecule has 0 aromatic carbocycles. The molecule has 112 valence electrons. The number of aromatic nitrogens is 2. The quantitative estimate of drug-likeness (QED) is 0.820. The van der Waals surface area contributed by atoms with E-state index < -0.39 is 5.60 Å². The summed E-state index contributed by atoms with van der Waals surface area (Å²) in [5.41, 5.74) is 2.19. The van der Waals surface area contributed by atoms with Gasteiger partial charge >= 0.3 is 6.09 Å². The van der Waals surface area contributed by atoms with Crippen LogP contribution in [-0.2, 0) is 17.6 Å². The molecule has 1 aliphatic carbocycles. The Bertz CT molecular complexity index is 626. The summed E-state index contributed by atoms with van der Waals surface area (Å²) in [6.45, 7) is 1.62. The molecule has 21 heavy (non-hydrogen) atoms. The third-order valence-electron chi connectivity index (χ3n) is 4.75. The van der Waals surface area contributed by atoms with Gasteiger partial charge in [0.2, 0.25) is 0 Å². The van der Waals surface area contributed by atoms with Crippen LogP contribution < -0.4 is 0 Å². The van der Waals surface area contributed by atoms with Crippen LogP contribution in [0, 0.1) is 0 Å². The summed E-state index contributed by atoms with van der Waals surface area (Å²) >= 11 is 0. The largest absolute Gasteiger partial charge is 0.439 e. The molecule has 1 N–H and O–H groups in total. The fraction of sp³-hybridized carbons (Fsp3) is 0.643. The second-order valence-corrected chi connectivity index (χ2v) is 6.27. The molecule has 1 spiro atoms. The molecule has 3 heterocycles. The van der Waals surface area contributed by atoms with Gasteiger partial charge in [-0.2, -0.15) is 5.10 Å². The van der Waals surface area contributed by atoms with E-state index in [0.717, 1.165) is 30.5 Å². The van der Waals surface area contributed by atoms with Gasteiger partial charge in [-0.1, -0.05) is 0 Å². The second-order valence-electron chi connectivity index (χ2n) is 6.27. The Morgan fingerprint density at radius 2 is 2.24 bits per heavy atom. The average Bonchev–Trinajstić information content (AvgIpc) is 3.15. The van der Waals surface area contributed by atoms with Crippen molar-refractivity contribution in [2.24, 2.45) is 0 Å². The van der Waals surface area contributed by atoms with Crippen molar-refractivity contribution < 1.29 is 14.3 Å². The third kappa shape index (κ3) is 1.83. The normalized spacial score (nSPS) is 27.6. The van der Waals surface area contributed by atoms with Gasteiger partial charge in [0, 0.05) is 31.3 Å². The highest BCUT2D eigenvalue weighted by atomic mass is 16.6. The van der Waals surface area contributed by atoms with Crippen molar-refractivity contribution in [2.45, 2.75) is 31.3 Å². The van der Waals surface area contributed by atoms with Crippen LogP contribution in [0.3, 0.4) is 0 Å². The number of aryl methyl sites for hydroxylation is 1. The van der Waals surface area contributed by atoms with E-state index in [1.165, 1.54) is 0 Å². The van der Waals surface area contributed by atoms with E-state index in [1.807, 2.05) is 0 Å². The van der Waals surface area contributed by atoms with E-state index in [0.29, 0.717) is 31.7 Å². The molecule has 1 aromatic rings. The van der Waals surface area contributed by atoms with Gasteiger partial charge in [-0.05, 0) is 19.3 Å². The molecule has 2 saturated heterocycles. The predicted molar refractivity (Wildman–Crippen MR) is 73.0 cm³/mol. The molecule has 3 aliphatic rings. The van der Waals surface area contributed by atoms with Crippen LogP contribution in [0.4, 0.5) is 4.79 Å². The van der Waals surface area contributed by atoms with Gasteiger partial charge in [-0.25, -0.2) is 4.79 Å². The topological polar surface area (TPSA) is 78.5 Å². The van der Waals surface area contributed by atoms with Gasteiger partial charge in [-0.3, -0.25) is 9.89 Å². The van der Waals surface area contributed by atoms with Gasteiger partial charge in [-0.15, -0.1) is 0 Å². The Morgan fingerprint density at radius 3 is 3.00 bits per heavy atom. The molecular weight excluding hydrogens is 272 g/mol. The lowest BCUT2D eigenvalue weighted by Gasteiger charge is -2.21. The predicted octanol–water partition coefficient (Wildman–Crippen LogP) is 0.565. The first-order valence-corrected chi connectivity index (χ1v) is 7.37. The highest BCUT2D eigenvalue weighted by Crippen LogP contribution is 2.33. The molecule has 7 nitrogen and oxygen atoms in total. The standard InChI is InChI=1S/C14H18N4O3/c1-17-7-14(21-13(17)20)5-6-18(8-14)12(19)11-9-3-2-4-10(9)15-16-11/h2-8H2,1H3,(H,15,16). The van der Waals surface area contributed by atoms with E-state index in [4.69, 9.17) is 4.74 Å². The highest BCUT2D eigenvalue weighted by Gasteiger charge is 2.50. The van der Waals surface area contributed by atoms with Crippen molar-refractivity contribution in [2.75, 3.05) is 26.7 Å². The molecule has 1 aromatic heterocycles. The zero-order chi connectivity index (χ0) is 14.6. The summed E-state index contributed by atoms with van der Waals surface area (Å²) in [7, 11) is 1.72. The first kappa shape index (κ1) is 12.7. The maximum Gasteiger partial charge on any atom is 0.410 e. The number of carbonyl (C=O) groups excluding carboxylic acids is 2. The monoisotopic (exact) mass is 290 g/mol. The van der Waals surface area contributed by atoms with Crippen LogP contribution in [0.15, 0.2) is 0 Å². The van der Waals surface area contributed by atoms with E-state index in [-0.39, 0.29) is 12.0 Å². The van der Waals surface area contributed by atoms with Crippen molar-refractivity contribution in [3.05, 3.63) is 17.0 Å². The molecule has 1 unspecified atom stereocenters. The lowest BCUT2D eigenvalue weighted by molar-refractivity contribution is 0.0550. The Morgan fingerprint density at radius 1 is 1.38 bits per heavy atom. The number of nitrogens with zero attached hydrogens (tertiary/aromatic N) is 3. The van der Waals surface area contributed by atoms with Crippen molar-refractivity contribution in [3.63, 3.8) is 0 Å². The zero-order valence-corrected chi connectivity index (χ0v) is 12.0. The van der Waals surface area contributed by atoms with E-state index in [1.54, 1.807) is 16.8 Å². The molecule has 2 aliphatic heterocycles. The fourth-order valence-electron chi connectivity index (χ4n) is 3.67. The van der Waals surface area contributed by atoms with Crippen LogP contribution in [0.25, 0.3) is 0 Å². The molecule has 4 rings (SSSR count). The van der Waals surface area contributed by atoms with Gasteiger partial charge in [0.25, 0.3) is 5.91 Å². The number of likely N-dealkylation sites (N-methyl/N-ethyl adjacent to an activating group) is 1. The van der Waals surface area contributed by atoms with Crippen LogP contribution in [0.2, 0.25) is 0 Å². The van der Waals surface area contributed by atoms with Gasteiger partial charge in [0.15, 0.2) is 11.3 Å². The number of hydrogen-bond donors (Lipinski definition) is 1. The van der Waals surface area contributed by atoms with Crippen LogP contribution in [0.5, 0.6) is 0 Å². The Balaban J connectivity index is 1.53. The molecule has 1 atom stereocenters. The summed E-state index contributed by atoms with van der Waals surface area (Å²) < 4.78 is 5.48. The number of amides is 2. The second kappa shape index (κ2) is 4.22. The molecule has 0 radical (unpaired) electrons. The Hall–Kier alpha value is -2.05. The van der Waals surface area contributed by atoms with Crippen LogP contribution in [0.1, 0.15) is 34.6 Å². The third-order valence-corrected chi connectivity index (χ3v) is 4.75. The number of likely N-dealkylation sites (tertiary alicyclic amines) is 1. The number of nitrogens with one attached hydrogen (secondary N) is 1. The molecule has 0 bridgehead atoms. The van der Waals surface area contributed by atoms with Crippen molar-refractivity contribution >= 4 is 12.0 Å². The zero-order valence-electron chi connectivity index (χ0n) is 12.0. The molecule has 2 amide bonds. The number of rotatable bonds is 1. The van der Waals surface area contributed by atoms with Crippen molar-refractivity contribution in [1.29, 1.82) is 0 Å². The summed E-state index contributed by atoms with van der Waals surface area (Å²) in [5.74, 6) is -0.0446. The van der Waals surface area contributed by atoms with Crippen molar-refractivity contribution in [3.8, 4) is 0 Å². The molecule has 2 fully saturated rings.